The molecule has 0 saturated heterocycles. The molecule has 0 fully saturated rings. The largest absolute Gasteiger partial charge is 0.357 e. The fourth-order valence-electron chi connectivity index (χ4n) is 1.70. The molecule has 1 N–H and O–H groups in total. The zero-order valence-electron chi connectivity index (χ0n) is 11.8. The van der Waals surface area contributed by atoms with E-state index >= 15 is 0 Å². The van der Waals surface area contributed by atoms with E-state index in [9.17, 15) is 0 Å². The second-order valence-corrected chi connectivity index (χ2v) is 5.09. The van der Waals surface area contributed by atoms with E-state index in [1.54, 1.807) is 6.20 Å². The molecule has 1 heterocycles. The summed E-state index contributed by atoms with van der Waals surface area (Å²) in [5, 5.41) is 4.11. The summed E-state index contributed by atoms with van der Waals surface area (Å²) in [6.07, 6.45) is 3.98. The summed E-state index contributed by atoms with van der Waals surface area (Å²) in [5.41, 5.74) is 1.12. The van der Waals surface area contributed by atoms with Crippen LogP contribution in [0.1, 0.15) is 39.2 Å². The maximum absolute atomic E-state index is 6.17. The van der Waals surface area contributed by atoms with Crippen molar-refractivity contribution in [2.24, 2.45) is 0 Å². The van der Waals surface area contributed by atoms with Gasteiger partial charge in [-0.3, -0.25) is 0 Å². The normalized spacial score (nSPS) is 12.5. The van der Waals surface area contributed by atoms with Gasteiger partial charge in [-0.15, -0.1) is 0 Å². The minimum Gasteiger partial charge on any atom is -0.357 e. The number of nitrogens with one attached hydrogen (secondary N) is 1. The van der Waals surface area contributed by atoms with Gasteiger partial charge in [0.05, 0.1) is 5.02 Å². The van der Waals surface area contributed by atoms with Crippen LogP contribution < -0.4 is 10.2 Å². The highest BCUT2D eigenvalue weighted by Gasteiger charge is 2.11. The van der Waals surface area contributed by atoms with Crippen molar-refractivity contribution >= 4 is 17.4 Å². The Morgan fingerprint density at radius 1 is 1.44 bits per heavy atom. The lowest BCUT2D eigenvalue weighted by molar-refractivity contribution is 0.652. The molecular weight excluding hydrogens is 246 g/mol. The summed E-state index contributed by atoms with van der Waals surface area (Å²) < 4.78 is 0. The van der Waals surface area contributed by atoms with E-state index in [2.05, 4.69) is 49.1 Å². The van der Waals surface area contributed by atoms with E-state index in [0.29, 0.717) is 6.04 Å². The maximum atomic E-state index is 6.17. The number of nitrogens with zero attached hydrogens (tertiary/aromatic N) is 2. The third-order valence-electron chi connectivity index (χ3n) is 3.28. The second kappa shape index (κ2) is 7.59. The smallest absolute Gasteiger partial charge is 0.128 e. The lowest BCUT2D eigenvalue weighted by Gasteiger charge is -2.25. The standard InChI is InChI=1S/C14H24ClN3/c1-5-7-16-9-12-8-14(17-10-13(12)15)18(4)11(3)6-2/h8,10-11,16H,5-7,9H2,1-4H3. The monoisotopic (exact) mass is 269 g/mol. The molecule has 1 unspecified atom stereocenters. The van der Waals surface area contributed by atoms with Gasteiger partial charge in [0.15, 0.2) is 0 Å². The third-order valence-corrected chi connectivity index (χ3v) is 3.62. The Bertz CT molecular complexity index is 368. The van der Waals surface area contributed by atoms with Gasteiger partial charge < -0.3 is 10.2 Å². The molecule has 4 heteroatoms. The topological polar surface area (TPSA) is 28.2 Å². The lowest BCUT2D eigenvalue weighted by Crippen LogP contribution is -2.29. The van der Waals surface area contributed by atoms with Crippen LogP contribution in [0.3, 0.4) is 0 Å². The first-order valence-corrected chi connectivity index (χ1v) is 7.05. The Morgan fingerprint density at radius 3 is 2.78 bits per heavy atom. The summed E-state index contributed by atoms with van der Waals surface area (Å²) in [5.74, 6) is 0.988. The van der Waals surface area contributed by atoms with Crippen molar-refractivity contribution < 1.29 is 0 Å². The van der Waals surface area contributed by atoms with E-state index in [4.69, 9.17) is 11.6 Å². The quantitative estimate of drug-likeness (QED) is 0.769. The maximum Gasteiger partial charge on any atom is 0.128 e. The lowest BCUT2D eigenvalue weighted by atomic mass is 10.2. The predicted molar refractivity (Wildman–Crippen MR) is 79.4 cm³/mol. The second-order valence-electron chi connectivity index (χ2n) is 4.68. The molecule has 102 valence electrons. The van der Waals surface area contributed by atoms with Crippen molar-refractivity contribution in [3.05, 3.63) is 22.8 Å². The fraction of sp³-hybridized carbons (Fsp3) is 0.643. The van der Waals surface area contributed by atoms with Crippen LogP contribution in [0.15, 0.2) is 12.3 Å². The van der Waals surface area contributed by atoms with Crippen LogP contribution in [0.5, 0.6) is 0 Å². The first kappa shape index (κ1) is 15.3. The van der Waals surface area contributed by atoms with Crippen LogP contribution in [0.4, 0.5) is 5.82 Å². The van der Waals surface area contributed by atoms with Crippen molar-refractivity contribution in [1.29, 1.82) is 0 Å². The average Bonchev–Trinajstić information content (AvgIpc) is 2.39. The van der Waals surface area contributed by atoms with Gasteiger partial charge in [-0.1, -0.05) is 25.4 Å². The zero-order chi connectivity index (χ0) is 13.5. The van der Waals surface area contributed by atoms with E-state index in [-0.39, 0.29) is 0 Å². The van der Waals surface area contributed by atoms with Gasteiger partial charge in [0.1, 0.15) is 5.82 Å². The molecule has 0 aliphatic carbocycles. The first-order chi connectivity index (χ1) is 8.60. The number of aromatic nitrogens is 1. The van der Waals surface area contributed by atoms with Gasteiger partial charge in [0, 0.05) is 25.8 Å². The van der Waals surface area contributed by atoms with E-state index in [1.165, 1.54) is 0 Å². The third kappa shape index (κ3) is 4.14. The number of rotatable bonds is 7. The summed E-state index contributed by atoms with van der Waals surface area (Å²) in [7, 11) is 2.08. The fourth-order valence-corrected chi connectivity index (χ4v) is 1.87. The van der Waals surface area contributed by atoms with Crippen LogP contribution in [0.2, 0.25) is 5.02 Å². The van der Waals surface area contributed by atoms with Gasteiger partial charge >= 0.3 is 0 Å². The Morgan fingerprint density at radius 2 is 2.17 bits per heavy atom. The summed E-state index contributed by atoms with van der Waals surface area (Å²) >= 11 is 6.17. The molecule has 1 atom stereocenters. The van der Waals surface area contributed by atoms with Crippen LogP contribution in [-0.4, -0.2) is 24.6 Å². The Labute approximate surface area is 116 Å². The molecule has 0 aliphatic heterocycles. The number of halogens is 1. The van der Waals surface area contributed by atoms with Gasteiger partial charge in [0.25, 0.3) is 0 Å². The molecule has 0 aliphatic rings. The number of hydrogen-bond donors (Lipinski definition) is 1. The first-order valence-electron chi connectivity index (χ1n) is 6.68. The Kier molecular flexibility index (Phi) is 6.44. The SMILES string of the molecule is CCCNCc1cc(N(C)C(C)CC)ncc1Cl. The number of pyridine rings is 1. The Balaban J connectivity index is 2.79. The van der Waals surface area contributed by atoms with Crippen molar-refractivity contribution in [2.45, 2.75) is 46.2 Å². The number of hydrogen-bond acceptors (Lipinski definition) is 3. The van der Waals surface area contributed by atoms with Gasteiger partial charge in [-0.2, -0.15) is 0 Å². The van der Waals surface area contributed by atoms with Crippen molar-refractivity contribution in [2.75, 3.05) is 18.5 Å². The van der Waals surface area contributed by atoms with Crippen LogP contribution in [0, 0.1) is 0 Å². The van der Waals surface area contributed by atoms with Crippen LogP contribution >= 0.6 is 11.6 Å². The van der Waals surface area contributed by atoms with Gasteiger partial charge in [-0.25, -0.2) is 4.98 Å². The van der Waals surface area contributed by atoms with Crippen LogP contribution in [0.25, 0.3) is 0 Å². The molecule has 0 radical (unpaired) electrons. The molecule has 0 spiro atoms. The number of anilines is 1. The molecule has 0 aromatic carbocycles. The summed E-state index contributed by atoms with van der Waals surface area (Å²) in [6.45, 7) is 8.35. The molecule has 3 nitrogen and oxygen atoms in total. The highest BCUT2D eigenvalue weighted by molar-refractivity contribution is 6.31. The molecule has 0 bridgehead atoms. The predicted octanol–water partition coefficient (Wildman–Crippen LogP) is 3.47. The minimum atomic E-state index is 0.482. The van der Waals surface area contributed by atoms with Gasteiger partial charge in [-0.05, 0) is 37.9 Å². The van der Waals surface area contributed by atoms with Crippen molar-refractivity contribution in [3.63, 3.8) is 0 Å². The van der Waals surface area contributed by atoms with E-state index < -0.39 is 0 Å². The van der Waals surface area contributed by atoms with Gasteiger partial charge in [0.2, 0.25) is 0 Å². The molecule has 1 aromatic rings. The zero-order valence-corrected chi connectivity index (χ0v) is 12.6. The average molecular weight is 270 g/mol. The molecule has 0 saturated carbocycles. The Hall–Kier alpha value is -0.800. The van der Waals surface area contributed by atoms with Crippen molar-refractivity contribution in [3.8, 4) is 0 Å². The minimum absolute atomic E-state index is 0.482. The molecule has 0 amide bonds. The molecule has 1 aromatic heterocycles. The van der Waals surface area contributed by atoms with E-state index in [1.807, 2.05) is 0 Å². The van der Waals surface area contributed by atoms with E-state index in [0.717, 1.165) is 42.3 Å². The summed E-state index contributed by atoms with van der Waals surface area (Å²) in [4.78, 5) is 6.60. The van der Waals surface area contributed by atoms with Crippen molar-refractivity contribution in [1.82, 2.24) is 10.3 Å². The van der Waals surface area contributed by atoms with Crippen LogP contribution in [-0.2, 0) is 6.54 Å². The molecule has 1 rings (SSSR count). The molecule has 18 heavy (non-hydrogen) atoms. The molecular formula is C14H24ClN3. The highest BCUT2D eigenvalue weighted by Crippen LogP contribution is 2.21. The summed E-state index contributed by atoms with van der Waals surface area (Å²) in [6, 6.07) is 2.56. The highest BCUT2D eigenvalue weighted by atomic mass is 35.5.